The van der Waals surface area contributed by atoms with E-state index < -0.39 is 5.41 Å². The van der Waals surface area contributed by atoms with Crippen molar-refractivity contribution in [2.45, 2.75) is 32.8 Å². The minimum Gasteiger partial charge on any atom is -0.493 e. The molecule has 1 heterocycles. The molecule has 0 fully saturated rings. The van der Waals surface area contributed by atoms with Crippen molar-refractivity contribution in [2.75, 3.05) is 7.11 Å². The Morgan fingerprint density at radius 3 is 2.41 bits per heavy atom. The number of methoxy groups -OCH3 is 1. The van der Waals surface area contributed by atoms with Gasteiger partial charge in [-0.05, 0) is 73.8 Å². The molecule has 6 nitrogen and oxygen atoms in total. The van der Waals surface area contributed by atoms with Gasteiger partial charge in [0.2, 0.25) is 0 Å². The van der Waals surface area contributed by atoms with Crippen molar-refractivity contribution >= 4 is 64.9 Å². The maximum Gasteiger partial charge on any atom is 0.282 e. The van der Waals surface area contributed by atoms with Crippen LogP contribution in [0.25, 0.3) is 10.9 Å². The molecule has 4 rings (SSSR count). The molecule has 0 radical (unpaired) electrons. The molecule has 0 aliphatic heterocycles. The van der Waals surface area contributed by atoms with Gasteiger partial charge in [-0.1, -0.05) is 48.8 Å². The van der Waals surface area contributed by atoms with Crippen LogP contribution in [0.1, 0.15) is 37.7 Å². The zero-order valence-electron chi connectivity index (χ0n) is 20.5. The van der Waals surface area contributed by atoms with E-state index in [0.717, 1.165) is 10.0 Å². The standard InChI is InChI=1S/C27H23Br3FN3O3/c1-27(2,3)26-33-20-10-7-17(28)12-19(20)25(35)34(26)32-13-16-11-21(36-4)24(23(30)22(16)29)37-14-15-5-8-18(31)9-6-15/h5-13H,14H2,1-4H3. The van der Waals surface area contributed by atoms with Gasteiger partial charge >= 0.3 is 0 Å². The molecule has 192 valence electrons. The van der Waals surface area contributed by atoms with Crippen LogP contribution in [0.2, 0.25) is 0 Å². The average Bonchev–Trinajstić information content (AvgIpc) is 2.85. The first-order chi connectivity index (χ1) is 17.5. The molecule has 0 amide bonds. The van der Waals surface area contributed by atoms with Crippen molar-refractivity contribution in [3.63, 3.8) is 0 Å². The van der Waals surface area contributed by atoms with Crippen LogP contribution >= 0.6 is 47.8 Å². The van der Waals surface area contributed by atoms with E-state index in [1.54, 1.807) is 30.5 Å². The molecule has 0 bridgehead atoms. The Morgan fingerprint density at radius 1 is 1.05 bits per heavy atom. The molecule has 3 aromatic carbocycles. The van der Waals surface area contributed by atoms with Crippen molar-refractivity contribution in [2.24, 2.45) is 5.10 Å². The van der Waals surface area contributed by atoms with Crippen LogP contribution in [0.5, 0.6) is 11.5 Å². The highest BCUT2D eigenvalue weighted by Crippen LogP contribution is 2.42. The Bertz CT molecular complexity index is 1560. The Kier molecular flexibility index (Phi) is 8.20. The molecule has 37 heavy (non-hydrogen) atoms. The first kappa shape index (κ1) is 27.5. The van der Waals surface area contributed by atoms with Gasteiger partial charge in [-0.25, -0.2) is 9.37 Å². The molecule has 0 saturated carbocycles. The van der Waals surface area contributed by atoms with E-state index in [1.165, 1.54) is 23.9 Å². The van der Waals surface area contributed by atoms with Crippen molar-refractivity contribution in [1.82, 2.24) is 9.66 Å². The second-order valence-corrected chi connectivity index (χ2v) is 11.8. The highest BCUT2D eigenvalue weighted by molar-refractivity contribution is 9.13. The summed E-state index contributed by atoms with van der Waals surface area (Å²) in [7, 11) is 1.54. The fourth-order valence-corrected chi connectivity index (χ4v) is 4.88. The number of halogens is 4. The first-order valence-electron chi connectivity index (χ1n) is 11.2. The van der Waals surface area contributed by atoms with E-state index >= 15 is 0 Å². The van der Waals surface area contributed by atoms with E-state index in [0.29, 0.717) is 42.7 Å². The molecule has 4 aromatic rings. The number of fused-ring (bicyclic) bond motifs is 1. The lowest BCUT2D eigenvalue weighted by Gasteiger charge is -2.21. The fraction of sp³-hybridized carbons (Fsp3) is 0.222. The van der Waals surface area contributed by atoms with Crippen molar-refractivity contribution in [3.05, 3.63) is 95.1 Å². The number of benzene rings is 3. The third-order valence-corrected chi connectivity index (χ3v) is 8.10. The van der Waals surface area contributed by atoms with Gasteiger partial charge in [-0.3, -0.25) is 4.79 Å². The van der Waals surface area contributed by atoms with E-state index in [9.17, 15) is 9.18 Å². The summed E-state index contributed by atoms with van der Waals surface area (Å²) in [6.45, 7) is 6.16. The minimum atomic E-state index is -0.439. The molecule has 0 aliphatic carbocycles. The summed E-state index contributed by atoms with van der Waals surface area (Å²) >= 11 is 10.6. The summed E-state index contributed by atoms with van der Waals surface area (Å²) in [5.41, 5.74) is 1.36. The van der Waals surface area contributed by atoms with Gasteiger partial charge in [0, 0.05) is 19.9 Å². The fourth-order valence-electron chi connectivity index (χ4n) is 3.58. The Hall–Kier alpha value is -2.56. The number of aromatic nitrogens is 2. The normalized spacial score (nSPS) is 11.9. The number of hydrogen-bond acceptors (Lipinski definition) is 5. The summed E-state index contributed by atoms with van der Waals surface area (Å²) in [6, 6.07) is 13.3. The zero-order valence-corrected chi connectivity index (χ0v) is 25.2. The van der Waals surface area contributed by atoms with Crippen molar-refractivity contribution in [1.29, 1.82) is 0 Å². The number of nitrogens with zero attached hydrogens (tertiary/aromatic N) is 3. The van der Waals surface area contributed by atoms with Crippen LogP contribution in [0.3, 0.4) is 0 Å². The summed E-state index contributed by atoms with van der Waals surface area (Å²) in [4.78, 5) is 18.2. The maximum atomic E-state index is 13.4. The Morgan fingerprint density at radius 2 is 1.76 bits per heavy atom. The third-order valence-electron chi connectivity index (χ3n) is 5.46. The van der Waals surface area contributed by atoms with Crippen LogP contribution in [0, 0.1) is 5.82 Å². The largest absolute Gasteiger partial charge is 0.493 e. The quantitative estimate of drug-likeness (QED) is 0.195. The Balaban J connectivity index is 1.76. The van der Waals surface area contributed by atoms with Crippen molar-refractivity contribution in [3.8, 4) is 11.5 Å². The second-order valence-electron chi connectivity index (χ2n) is 9.25. The van der Waals surface area contributed by atoms with Crippen LogP contribution < -0.4 is 15.0 Å². The molecule has 0 N–H and O–H groups in total. The van der Waals surface area contributed by atoms with Crippen LogP contribution in [-0.2, 0) is 12.0 Å². The molecule has 0 unspecified atom stereocenters. The molecular formula is C27H23Br3FN3O3. The number of ether oxygens (including phenoxy) is 2. The summed E-state index contributed by atoms with van der Waals surface area (Å²) < 4.78 is 28.2. The van der Waals surface area contributed by atoms with E-state index in [2.05, 4.69) is 52.9 Å². The van der Waals surface area contributed by atoms with Gasteiger partial charge in [0.05, 0.1) is 28.7 Å². The second kappa shape index (κ2) is 11.0. The topological polar surface area (TPSA) is 65.7 Å². The van der Waals surface area contributed by atoms with Gasteiger partial charge in [0.15, 0.2) is 11.5 Å². The van der Waals surface area contributed by atoms with E-state index in [1.807, 2.05) is 32.9 Å². The van der Waals surface area contributed by atoms with Gasteiger partial charge in [0.1, 0.15) is 18.2 Å². The SMILES string of the molecule is COc1cc(C=Nn2c(C(C)(C)C)nc3ccc(Br)cc3c2=O)c(Br)c(Br)c1OCc1ccc(F)cc1. The molecule has 0 atom stereocenters. The predicted octanol–water partition coefficient (Wildman–Crippen LogP) is 7.59. The van der Waals surface area contributed by atoms with E-state index in [-0.39, 0.29) is 18.0 Å². The third kappa shape index (κ3) is 5.97. The molecule has 0 aliphatic rings. The molecule has 0 spiro atoms. The zero-order chi connectivity index (χ0) is 26.9. The van der Waals surface area contributed by atoms with Gasteiger partial charge < -0.3 is 9.47 Å². The van der Waals surface area contributed by atoms with E-state index in [4.69, 9.17) is 14.5 Å². The van der Waals surface area contributed by atoms with Gasteiger partial charge in [-0.15, -0.1) is 0 Å². The first-order valence-corrected chi connectivity index (χ1v) is 13.6. The van der Waals surface area contributed by atoms with Crippen LogP contribution in [-0.4, -0.2) is 23.0 Å². The summed E-state index contributed by atoms with van der Waals surface area (Å²) in [6.07, 6.45) is 1.57. The predicted molar refractivity (Wildman–Crippen MR) is 155 cm³/mol. The lowest BCUT2D eigenvalue weighted by Crippen LogP contribution is -2.29. The molecule has 10 heteroatoms. The molecule has 1 aromatic heterocycles. The monoisotopic (exact) mass is 693 g/mol. The van der Waals surface area contributed by atoms with Gasteiger partial charge in [-0.2, -0.15) is 9.78 Å². The highest BCUT2D eigenvalue weighted by Gasteiger charge is 2.23. The lowest BCUT2D eigenvalue weighted by atomic mass is 9.95. The minimum absolute atomic E-state index is 0.220. The number of rotatable bonds is 6. The average molecular weight is 696 g/mol. The van der Waals surface area contributed by atoms with Gasteiger partial charge in [0.25, 0.3) is 5.56 Å². The molecule has 0 saturated heterocycles. The highest BCUT2D eigenvalue weighted by atomic mass is 79.9. The summed E-state index contributed by atoms with van der Waals surface area (Å²) in [5, 5.41) is 5.01. The maximum absolute atomic E-state index is 13.4. The van der Waals surface area contributed by atoms with Crippen molar-refractivity contribution < 1.29 is 13.9 Å². The molecular weight excluding hydrogens is 673 g/mol. The van der Waals surface area contributed by atoms with Crippen LogP contribution in [0.4, 0.5) is 4.39 Å². The Labute approximate surface area is 238 Å². The summed E-state index contributed by atoms with van der Waals surface area (Å²) in [5.74, 6) is 1.16. The lowest BCUT2D eigenvalue weighted by molar-refractivity contribution is 0.282. The smallest absolute Gasteiger partial charge is 0.282 e. The van der Waals surface area contributed by atoms with Crippen LogP contribution in [0.15, 0.2) is 71.8 Å². The number of hydrogen-bond donors (Lipinski definition) is 0.